The van der Waals surface area contributed by atoms with E-state index >= 15 is 0 Å². The fourth-order valence-electron chi connectivity index (χ4n) is 5.27. The van der Waals surface area contributed by atoms with Crippen LogP contribution < -0.4 is 10.5 Å². The number of primary amides is 1. The first kappa shape index (κ1) is 24.1. The zero-order valence-corrected chi connectivity index (χ0v) is 21.0. The van der Waals surface area contributed by atoms with E-state index in [-0.39, 0.29) is 0 Å². The maximum absolute atomic E-state index is 12.5. The molecule has 0 radical (unpaired) electrons. The number of carbonyl (C=O) groups excluding carboxylic acids is 1. The zero-order valence-electron chi connectivity index (χ0n) is 21.0. The van der Waals surface area contributed by atoms with Crippen molar-refractivity contribution in [2.24, 2.45) is 5.73 Å². The molecule has 6 heteroatoms. The Labute approximate surface area is 214 Å². The Morgan fingerprint density at radius 2 is 1.54 bits per heavy atom. The second-order valence-corrected chi connectivity index (χ2v) is 9.44. The number of hydrogen-bond donors (Lipinski definition) is 2. The summed E-state index contributed by atoms with van der Waals surface area (Å²) >= 11 is 0. The van der Waals surface area contributed by atoms with Crippen LogP contribution in [-0.2, 0) is 11.3 Å². The molecule has 0 saturated heterocycles. The van der Waals surface area contributed by atoms with E-state index in [4.69, 9.17) is 10.5 Å². The van der Waals surface area contributed by atoms with Gasteiger partial charge < -0.3 is 20.1 Å². The van der Waals surface area contributed by atoms with Gasteiger partial charge in [0.05, 0.1) is 16.4 Å². The van der Waals surface area contributed by atoms with Gasteiger partial charge in [-0.2, -0.15) is 0 Å². The summed E-state index contributed by atoms with van der Waals surface area (Å²) in [7, 11) is 0. The van der Waals surface area contributed by atoms with Crippen LogP contribution in [0.2, 0.25) is 0 Å². The van der Waals surface area contributed by atoms with E-state index in [1.807, 2.05) is 48.5 Å². The van der Waals surface area contributed by atoms with Crippen molar-refractivity contribution in [3.8, 4) is 16.9 Å². The normalized spacial score (nSPS) is 11.2. The minimum atomic E-state index is -1.08. The van der Waals surface area contributed by atoms with E-state index in [0.717, 1.165) is 22.2 Å². The highest BCUT2D eigenvalue weighted by atomic mass is 16.5. The molecule has 0 bridgehead atoms. The lowest BCUT2D eigenvalue weighted by atomic mass is 9.99. The topological polar surface area (TPSA) is 94.6 Å². The number of aryl methyl sites for hydroxylation is 3. The molecule has 0 fully saturated rings. The highest BCUT2D eigenvalue weighted by Crippen LogP contribution is 2.41. The van der Waals surface area contributed by atoms with Crippen LogP contribution in [0, 0.1) is 20.8 Å². The molecule has 0 unspecified atom stereocenters. The molecule has 5 rings (SSSR count). The molecule has 0 saturated carbocycles. The summed E-state index contributed by atoms with van der Waals surface area (Å²) in [6.45, 7) is 6.36. The van der Waals surface area contributed by atoms with Gasteiger partial charge in [0, 0.05) is 17.5 Å². The van der Waals surface area contributed by atoms with Gasteiger partial charge in [0.2, 0.25) is 5.91 Å². The van der Waals surface area contributed by atoms with Crippen molar-refractivity contribution in [3.05, 3.63) is 101 Å². The lowest BCUT2D eigenvalue weighted by Gasteiger charge is -2.15. The van der Waals surface area contributed by atoms with Gasteiger partial charge in [-0.25, -0.2) is 4.79 Å². The third-order valence-corrected chi connectivity index (χ3v) is 6.84. The number of carboxylic acids is 1. The van der Waals surface area contributed by atoms with Crippen LogP contribution in [0.5, 0.6) is 5.75 Å². The van der Waals surface area contributed by atoms with Crippen molar-refractivity contribution in [1.29, 1.82) is 0 Å². The fourth-order valence-corrected chi connectivity index (χ4v) is 5.27. The number of ether oxygens (including phenoxy) is 1. The first-order chi connectivity index (χ1) is 17.7. The van der Waals surface area contributed by atoms with Gasteiger partial charge >= 0.3 is 5.97 Å². The van der Waals surface area contributed by atoms with E-state index in [9.17, 15) is 14.7 Å². The van der Waals surface area contributed by atoms with E-state index in [2.05, 4.69) is 43.5 Å². The van der Waals surface area contributed by atoms with Crippen LogP contribution in [0.1, 0.15) is 32.6 Å². The molecule has 5 aromatic rings. The Kier molecular flexibility index (Phi) is 6.17. The molecule has 186 valence electrons. The number of carbonyl (C=O) groups is 2. The summed E-state index contributed by atoms with van der Waals surface area (Å²) in [5, 5.41) is 10.7. The summed E-state index contributed by atoms with van der Waals surface area (Å²) < 4.78 is 8.02. The average molecular weight is 493 g/mol. The number of aromatic nitrogens is 1. The van der Waals surface area contributed by atoms with E-state index in [1.165, 1.54) is 22.3 Å². The van der Waals surface area contributed by atoms with Gasteiger partial charge in [-0.3, -0.25) is 4.79 Å². The van der Waals surface area contributed by atoms with Crippen LogP contribution in [0.25, 0.3) is 32.9 Å². The van der Waals surface area contributed by atoms with Crippen LogP contribution >= 0.6 is 0 Å². The summed E-state index contributed by atoms with van der Waals surface area (Å²) in [5.74, 6) is -1.24. The molecule has 0 aliphatic rings. The first-order valence-electron chi connectivity index (χ1n) is 12.1. The Hall–Kier alpha value is -4.58. The van der Waals surface area contributed by atoms with Gasteiger partial charge in [-0.1, -0.05) is 54.1 Å². The molecular weight excluding hydrogens is 464 g/mol. The Bertz CT molecular complexity index is 1660. The fraction of sp³-hybridized carbons (Fsp3) is 0.161. The predicted molar refractivity (Wildman–Crippen MR) is 146 cm³/mol. The van der Waals surface area contributed by atoms with Crippen molar-refractivity contribution in [2.45, 2.75) is 27.3 Å². The molecule has 1 amide bonds. The molecular formula is C31H28N2O4. The molecule has 0 aliphatic heterocycles. The van der Waals surface area contributed by atoms with Crippen LogP contribution in [0.15, 0.2) is 72.8 Å². The highest BCUT2D eigenvalue weighted by molar-refractivity contribution is 6.20. The molecule has 0 spiro atoms. The number of hydrogen-bond acceptors (Lipinski definition) is 3. The van der Waals surface area contributed by atoms with Gasteiger partial charge in [-0.05, 0) is 72.9 Å². The minimum absolute atomic E-state index is 0.367. The molecule has 0 aliphatic carbocycles. The molecule has 37 heavy (non-hydrogen) atoms. The highest BCUT2D eigenvalue weighted by Gasteiger charge is 2.22. The van der Waals surface area contributed by atoms with E-state index < -0.39 is 18.5 Å². The third-order valence-electron chi connectivity index (χ3n) is 6.84. The minimum Gasteiger partial charge on any atom is -0.481 e. The van der Waals surface area contributed by atoms with E-state index in [0.29, 0.717) is 28.6 Å². The lowest BCUT2D eigenvalue weighted by molar-refractivity contribution is -0.139. The maximum atomic E-state index is 12.5. The second kappa shape index (κ2) is 9.47. The van der Waals surface area contributed by atoms with Gasteiger partial charge in [0.15, 0.2) is 6.61 Å². The van der Waals surface area contributed by atoms with Crippen LogP contribution in [0.3, 0.4) is 0 Å². The van der Waals surface area contributed by atoms with Crippen molar-refractivity contribution in [2.75, 3.05) is 6.61 Å². The van der Waals surface area contributed by atoms with Crippen molar-refractivity contribution >= 4 is 33.7 Å². The molecule has 1 aromatic heterocycles. The second-order valence-electron chi connectivity index (χ2n) is 9.44. The molecule has 1 heterocycles. The van der Waals surface area contributed by atoms with Crippen molar-refractivity contribution < 1.29 is 19.4 Å². The number of rotatable bonds is 7. The number of fused-ring (bicyclic) bond motifs is 3. The Balaban J connectivity index is 1.89. The standard InChI is InChI=1S/C31H28N2O4/c1-18-12-19(2)24(20(3)13-18)16-33-25-11-7-10-23(31(32)36)29(25)30-26(33)14-22(21-8-5-4-6-9-21)15-27(30)37-17-28(34)35/h4-15H,16-17H2,1-3H3,(H2,32,36)(H,34,35). The third kappa shape index (κ3) is 4.42. The molecule has 4 aromatic carbocycles. The van der Waals surface area contributed by atoms with Gasteiger partial charge in [0.25, 0.3) is 0 Å². The number of carboxylic acid groups (broad SMARTS) is 1. The van der Waals surface area contributed by atoms with Crippen molar-refractivity contribution in [1.82, 2.24) is 4.57 Å². The lowest BCUT2D eigenvalue weighted by Crippen LogP contribution is -2.11. The smallest absolute Gasteiger partial charge is 0.341 e. The molecule has 6 nitrogen and oxygen atoms in total. The molecule has 0 atom stereocenters. The number of amides is 1. The number of nitrogens with two attached hydrogens (primary N) is 1. The maximum Gasteiger partial charge on any atom is 0.341 e. The Morgan fingerprint density at radius 1 is 0.838 bits per heavy atom. The van der Waals surface area contributed by atoms with Crippen molar-refractivity contribution in [3.63, 3.8) is 0 Å². The van der Waals surface area contributed by atoms with Gasteiger partial charge in [0.1, 0.15) is 5.75 Å². The average Bonchev–Trinajstić information content (AvgIpc) is 3.18. The van der Waals surface area contributed by atoms with Crippen LogP contribution in [-0.4, -0.2) is 28.2 Å². The van der Waals surface area contributed by atoms with Gasteiger partial charge in [-0.15, -0.1) is 0 Å². The van der Waals surface area contributed by atoms with Crippen LogP contribution in [0.4, 0.5) is 0 Å². The summed E-state index contributed by atoms with van der Waals surface area (Å²) in [4.78, 5) is 24.0. The monoisotopic (exact) mass is 492 g/mol. The van der Waals surface area contributed by atoms with E-state index in [1.54, 1.807) is 6.07 Å². The molecule has 3 N–H and O–H groups in total. The summed E-state index contributed by atoms with van der Waals surface area (Å²) in [5.41, 5.74) is 14.4. The first-order valence-corrected chi connectivity index (χ1v) is 12.1. The number of benzene rings is 4. The number of aliphatic carboxylic acids is 1. The quantitative estimate of drug-likeness (QED) is 0.291. The number of nitrogens with zero attached hydrogens (tertiary/aromatic N) is 1. The largest absolute Gasteiger partial charge is 0.481 e. The zero-order chi connectivity index (χ0) is 26.3. The summed E-state index contributed by atoms with van der Waals surface area (Å²) in [6, 6.07) is 23.6. The predicted octanol–water partition coefficient (Wildman–Crippen LogP) is 6.00. The Morgan fingerprint density at radius 3 is 2.19 bits per heavy atom. The SMILES string of the molecule is Cc1cc(C)c(Cn2c3cc(-c4ccccc4)cc(OCC(=O)O)c3c3c(C(N)=O)cccc32)c(C)c1. The summed E-state index contributed by atoms with van der Waals surface area (Å²) in [6.07, 6.45) is 0.